The molecule has 0 saturated heterocycles. The molecule has 6 nitrogen and oxygen atoms in total. The summed E-state index contributed by atoms with van der Waals surface area (Å²) < 4.78 is 41.1. The number of anilines is 2. The minimum absolute atomic E-state index is 0.0651. The van der Waals surface area contributed by atoms with Gasteiger partial charge in [-0.2, -0.15) is 18.2 Å². The molecule has 0 saturated carbocycles. The number of carbonyl (C=O) groups excluding carboxylic acids is 1. The summed E-state index contributed by atoms with van der Waals surface area (Å²) in [6.07, 6.45) is -4.07. The molecule has 0 radical (unpaired) electrons. The van der Waals surface area contributed by atoms with Crippen LogP contribution in [0.25, 0.3) is 0 Å². The molecular formula is C15H17F3N4O2. The maximum atomic E-state index is 12.3. The Morgan fingerprint density at radius 1 is 1.33 bits per heavy atom. The summed E-state index contributed by atoms with van der Waals surface area (Å²) in [4.78, 5) is 17.0. The van der Waals surface area contributed by atoms with Crippen LogP contribution < -0.4 is 10.2 Å². The summed E-state index contributed by atoms with van der Waals surface area (Å²) in [6, 6.07) is 7.32. The van der Waals surface area contributed by atoms with E-state index in [0.29, 0.717) is 12.1 Å². The van der Waals surface area contributed by atoms with Gasteiger partial charge in [-0.3, -0.25) is 4.79 Å². The van der Waals surface area contributed by atoms with Gasteiger partial charge in [0.15, 0.2) is 5.82 Å². The molecule has 130 valence electrons. The highest BCUT2D eigenvalue weighted by Gasteiger charge is 2.38. The zero-order valence-electron chi connectivity index (χ0n) is 13.2. The number of hydrogen-bond acceptors (Lipinski definition) is 5. The van der Waals surface area contributed by atoms with Crippen molar-refractivity contribution in [3.8, 4) is 0 Å². The van der Waals surface area contributed by atoms with Gasteiger partial charge in [0.2, 0.25) is 5.91 Å². The van der Waals surface area contributed by atoms with Crippen molar-refractivity contribution in [2.24, 2.45) is 0 Å². The van der Waals surface area contributed by atoms with Crippen LogP contribution in [0.2, 0.25) is 0 Å². The SMILES string of the molecule is CN(C)c1cccc(NC(=O)CCCc2noc(C(F)(F)F)n2)c1. The lowest BCUT2D eigenvalue weighted by Crippen LogP contribution is -2.13. The fourth-order valence-electron chi connectivity index (χ4n) is 1.96. The van der Waals surface area contributed by atoms with E-state index in [1.807, 2.05) is 37.2 Å². The number of hydrogen-bond donors (Lipinski definition) is 1. The smallest absolute Gasteiger partial charge is 0.378 e. The third kappa shape index (κ3) is 4.97. The highest BCUT2D eigenvalue weighted by Crippen LogP contribution is 2.27. The standard InChI is InChI=1S/C15H17F3N4O2/c1-22(2)11-6-3-5-10(9-11)19-13(23)8-4-7-12-20-14(24-21-12)15(16,17)18/h3,5-6,9H,4,7-8H2,1-2H3,(H,19,23). The number of rotatable bonds is 6. The van der Waals surface area contributed by atoms with E-state index in [0.717, 1.165) is 5.69 Å². The molecule has 1 amide bonds. The first kappa shape index (κ1) is 17.8. The van der Waals surface area contributed by atoms with Crippen LogP contribution in [0.1, 0.15) is 24.6 Å². The van der Waals surface area contributed by atoms with Gasteiger partial charge in [0.1, 0.15) is 0 Å². The van der Waals surface area contributed by atoms with Crippen molar-refractivity contribution >= 4 is 17.3 Å². The minimum atomic E-state index is -4.65. The average Bonchev–Trinajstić information content (AvgIpc) is 2.96. The highest BCUT2D eigenvalue weighted by atomic mass is 19.4. The summed E-state index contributed by atoms with van der Waals surface area (Å²) in [6.45, 7) is 0. The Morgan fingerprint density at radius 2 is 2.08 bits per heavy atom. The molecule has 0 aliphatic heterocycles. The second-order valence-electron chi connectivity index (χ2n) is 5.36. The molecule has 1 aromatic carbocycles. The Balaban J connectivity index is 1.81. The van der Waals surface area contributed by atoms with Crippen LogP contribution in [-0.2, 0) is 17.4 Å². The van der Waals surface area contributed by atoms with Crippen LogP contribution in [0.5, 0.6) is 0 Å². The molecule has 2 aromatic rings. The quantitative estimate of drug-likeness (QED) is 0.873. The highest BCUT2D eigenvalue weighted by molar-refractivity contribution is 5.91. The van der Waals surface area contributed by atoms with E-state index < -0.39 is 12.1 Å². The van der Waals surface area contributed by atoms with Gasteiger partial charge < -0.3 is 14.7 Å². The molecule has 0 unspecified atom stereocenters. The van der Waals surface area contributed by atoms with E-state index in [1.54, 1.807) is 6.07 Å². The van der Waals surface area contributed by atoms with Crippen molar-refractivity contribution in [1.29, 1.82) is 0 Å². The number of aromatic nitrogens is 2. The topological polar surface area (TPSA) is 71.3 Å². The van der Waals surface area contributed by atoms with Crippen molar-refractivity contribution in [3.05, 3.63) is 36.0 Å². The monoisotopic (exact) mass is 342 g/mol. The number of aryl methyl sites for hydroxylation is 1. The summed E-state index contributed by atoms with van der Waals surface area (Å²) in [7, 11) is 3.78. The molecule has 0 fully saturated rings. The van der Waals surface area contributed by atoms with Crippen LogP contribution in [0, 0.1) is 0 Å². The zero-order chi connectivity index (χ0) is 17.7. The Labute approximate surface area is 136 Å². The molecule has 0 aliphatic rings. The van der Waals surface area contributed by atoms with Crippen LogP contribution >= 0.6 is 0 Å². The van der Waals surface area contributed by atoms with Gasteiger partial charge in [0.05, 0.1) is 0 Å². The molecule has 24 heavy (non-hydrogen) atoms. The normalized spacial score (nSPS) is 11.4. The number of halogens is 3. The Kier molecular flexibility index (Phi) is 5.42. The van der Waals surface area contributed by atoms with E-state index >= 15 is 0 Å². The third-order valence-corrected chi connectivity index (χ3v) is 3.16. The number of amides is 1. The lowest BCUT2D eigenvalue weighted by Gasteiger charge is -2.13. The number of alkyl halides is 3. The summed E-state index contributed by atoms with van der Waals surface area (Å²) in [5, 5.41) is 5.99. The Morgan fingerprint density at radius 3 is 2.71 bits per heavy atom. The maximum Gasteiger partial charge on any atom is 0.471 e. The minimum Gasteiger partial charge on any atom is -0.378 e. The van der Waals surface area contributed by atoms with Gasteiger partial charge in [0, 0.05) is 38.3 Å². The number of carbonyl (C=O) groups is 1. The Hall–Kier alpha value is -2.58. The second kappa shape index (κ2) is 7.33. The van der Waals surface area contributed by atoms with Crippen molar-refractivity contribution in [2.45, 2.75) is 25.4 Å². The molecule has 1 heterocycles. The van der Waals surface area contributed by atoms with Gasteiger partial charge in [-0.1, -0.05) is 11.2 Å². The van der Waals surface area contributed by atoms with E-state index in [-0.39, 0.29) is 24.6 Å². The summed E-state index contributed by atoms with van der Waals surface area (Å²) in [5.41, 5.74) is 1.60. The Bertz CT molecular complexity index is 698. The van der Waals surface area contributed by atoms with Gasteiger partial charge >= 0.3 is 12.1 Å². The lowest BCUT2D eigenvalue weighted by atomic mass is 10.2. The van der Waals surface area contributed by atoms with Crippen LogP contribution in [0.3, 0.4) is 0 Å². The van der Waals surface area contributed by atoms with Crippen LogP contribution in [0.4, 0.5) is 24.5 Å². The van der Waals surface area contributed by atoms with Crippen molar-refractivity contribution < 1.29 is 22.5 Å². The molecular weight excluding hydrogens is 325 g/mol. The van der Waals surface area contributed by atoms with Gasteiger partial charge in [-0.15, -0.1) is 0 Å². The van der Waals surface area contributed by atoms with Crippen molar-refractivity contribution in [2.75, 3.05) is 24.3 Å². The molecule has 9 heteroatoms. The molecule has 1 aromatic heterocycles. The van der Waals surface area contributed by atoms with Crippen LogP contribution in [0.15, 0.2) is 28.8 Å². The van der Waals surface area contributed by atoms with Crippen molar-refractivity contribution in [1.82, 2.24) is 10.1 Å². The molecule has 0 aliphatic carbocycles. The maximum absolute atomic E-state index is 12.3. The van der Waals surface area contributed by atoms with Gasteiger partial charge in [0.25, 0.3) is 0 Å². The number of nitrogens with zero attached hydrogens (tertiary/aromatic N) is 3. The van der Waals surface area contributed by atoms with E-state index in [2.05, 4.69) is 20.0 Å². The predicted octanol–water partition coefficient (Wildman–Crippen LogP) is 3.12. The number of benzene rings is 1. The number of nitrogens with one attached hydrogen (secondary N) is 1. The molecule has 0 atom stereocenters. The summed E-state index contributed by atoms with van der Waals surface area (Å²) in [5.74, 6) is -1.67. The largest absolute Gasteiger partial charge is 0.471 e. The fraction of sp³-hybridized carbons (Fsp3) is 0.400. The molecule has 1 N–H and O–H groups in total. The fourth-order valence-corrected chi connectivity index (χ4v) is 1.96. The van der Waals surface area contributed by atoms with E-state index in [9.17, 15) is 18.0 Å². The van der Waals surface area contributed by atoms with Crippen molar-refractivity contribution in [3.63, 3.8) is 0 Å². The first-order valence-corrected chi connectivity index (χ1v) is 7.23. The first-order chi connectivity index (χ1) is 11.3. The van der Waals surface area contributed by atoms with Gasteiger partial charge in [-0.05, 0) is 24.6 Å². The molecule has 0 spiro atoms. The second-order valence-corrected chi connectivity index (χ2v) is 5.36. The average molecular weight is 342 g/mol. The third-order valence-electron chi connectivity index (χ3n) is 3.16. The predicted molar refractivity (Wildman–Crippen MR) is 81.6 cm³/mol. The van der Waals surface area contributed by atoms with Gasteiger partial charge in [-0.25, -0.2) is 0 Å². The summed E-state index contributed by atoms with van der Waals surface area (Å²) >= 11 is 0. The van der Waals surface area contributed by atoms with E-state index in [4.69, 9.17) is 0 Å². The zero-order valence-corrected chi connectivity index (χ0v) is 13.2. The van der Waals surface area contributed by atoms with Crippen LogP contribution in [-0.4, -0.2) is 30.1 Å². The molecule has 2 rings (SSSR count). The van der Waals surface area contributed by atoms with E-state index in [1.165, 1.54) is 0 Å². The lowest BCUT2D eigenvalue weighted by molar-refractivity contribution is -0.159. The first-order valence-electron chi connectivity index (χ1n) is 7.23. The molecule has 0 bridgehead atoms.